The van der Waals surface area contributed by atoms with Gasteiger partial charge in [0.15, 0.2) is 28.9 Å². The van der Waals surface area contributed by atoms with Gasteiger partial charge < -0.3 is 19.3 Å². The van der Waals surface area contributed by atoms with E-state index in [2.05, 4.69) is 0 Å². The Balaban J connectivity index is 2.02. The molecule has 2 aliphatic carbocycles. The molecule has 0 spiro atoms. The molecule has 1 aromatic carbocycles. The molecule has 9 nitrogen and oxygen atoms in total. The summed E-state index contributed by atoms with van der Waals surface area (Å²) >= 11 is 0. The number of carbonyl (C=O) groups excluding carboxylic acids is 5. The summed E-state index contributed by atoms with van der Waals surface area (Å²) in [6, 6.07) is 0. The molecular weight excluding hydrogens is 624 g/mol. The van der Waals surface area contributed by atoms with Gasteiger partial charge >= 0.3 is 0 Å². The predicted molar refractivity (Wildman–Crippen MR) is 184 cm³/mol. The number of aliphatic hydroxyl groups is 1. The van der Waals surface area contributed by atoms with Crippen LogP contribution in [0.15, 0.2) is 22.7 Å². The molecule has 0 bridgehead atoms. The van der Waals surface area contributed by atoms with Gasteiger partial charge in [-0.05, 0) is 67.2 Å². The molecule has 49 heavy (non-hydrogen) atoms. The number of ketones is 5. The Hall–Kier alpha value is -3.59. The van der Waals surface area contributed by atoms with Gasteiger partial charge in [-0.1, -0.05) is 41.5 Å². The summed E-state index contributed by atoms with van der Waals surface area (Å²) in [7, 11) is 0. The number of allylic oxidation sites excluding steroid dienone is 4. The van der Waals surface area contributed by atoms with Gasteiger partial charge in [-0.2, -0.15) is 0 Å². The van der Waals surface area contributed by atoms with Crippen LogP contribution in [0, 0.1) is 39.4 Å². The Labute approximate surface area is 289 Å². The van der Waals surface area contributed by atoms with E-state index in [9.17, 15) is 29.1 Å². The number of hydrogen-bond acceptors (Lipinski definition) is 9. The third-order valence-corrected chi connectivity index (χ3v) is 11.0. The predicted octanol–water partition coefficient (Wildman–Crippen LogP) is 7.08. The van der Waals surface area contributed by atoms with Crippen LogP contribution in [0.1, 0.15) is 130 Å². The summed E-state index contributed by atoms with van der Waals surface area (Å²) < 4.78 is 20.0. The van der Waals surface area contributed by atoms with Crippen molar-refractivity contribution < 1.29 is 43.3 Å². The first-order valence-electron chi connectivity index (χ1n) is 17.5. The van der Waals surface area contributed by atoms with Crippen molar-refractivity contribution in [3.63, 3.8) is 0 Å². The Bertz CT molecular complexity index is 1660. The molecule has 2 atom stereocenters. The highest BCUT2D eigenvalue weighted by molar-refractivity contribution is 6.21. The molecular formula is C40H52O9. The first-order chi connectivity index (χ1) is 22.4. The van der Waals surface area contributed by atoms with Crippen molar-refractivity contribution in [2.24, 2.45) is 39.4 Å². The van der Waals surface area contributed by atoms with E-state index in [-0.39, 0.29) is 88.3 Å². The second-order valence-electron chi connectivity index (χ2n) is 17.2. The van der Waals surface area contributed by atoms with E-state index in [1.54, 1.807) is 69.2 Å². The van der Waals surface area contributed by atoms with E-state index < -0.39 is 39.4 Å². The van der Waals surface area contributed by atoms with Crippen molar-refractivity contribution in [1.29, 1.82) is 0 Å². The lowest BCUT2D eigenvalue weighted by molar-refractivity contribution is -0.146. The van der Waals surface area contributed by atoms with Gasteiger partial charge in [0.1, 0.15) is 40.9 Å². The van der Waals surface area contributed by atoms with E-state index in [0.29, 0.717) is 22.3 Å². The molecule has 0 amide bonds. The molecule has 4 aliphatic rings. The maximum absolute atomic E-state index is 14.5. The molecule has 9 heteroatoms. The van der Waals surface area contributed by atoms with Crippen LogP contribution < -0.4 is 14.2 Å². The number of hydrogen-bond donors (Lipinski definition) is 1. The Morgan fingerprint density at radius 1 is 0.673 bits per heavy atom. The van der Waals surface area contributed by atoms with Crippen LogP contribution in [-0.4, -0.2) is 47.2 Å². The normalized spacial score (nSPS) is 24.8. The van der Waals surface area contributed by atoms with Crippen LogP contribution in [0.2, 0.25) is 0 Å². The average molecular weight is 677 g/mol. The fourth-order valence-electron chi connectivity index (χ4n) is 8.60. The third-order valence-electron chi connectivity index (χ3n) is 11.0. The first-order valence-corrected chi connectivity index (χ1v) is 17.5. The Morgan fingerprint density at radius 2 is 1.04 bits per heavy atom. The monoisotopic (exact) mass is 676 g/mol. The van der Waals surface area contributed by atoms with Crippen molar-refractivity contribution in [2.45, 2.75) is 109 Å². The number of ether oxygens (including phenoxy) is 3. The minimum absolute atomic E-state index is 0.117. The molecule has 0 saturated carbocycles. The molecule has 1 N–H and O–H groups in total. The van der Waals surface area contributed by atoms with Crippen LogP contribution >= 0.6 is 0 Å². The van der Waals surface area contributed by atoms with Crippen LogP contribution in [-0.2, 0) is 19.2 Å². The highest BCUT2D eigenvalue weighted by atomic mass is 16.5. The fourth-order valence-corrected chi connectivity index (χ4v) is 8.60. The summed E-state index contributed by atoms with van der Waals surface area (Å²) in [6.07, 6.45) is 0. The average Bonchev–Trinajstić information content (AvgIpc) is 3.01. The minimum atomic E-state index is -1.34. The number of aliphatic hydroxyl groups excluding tert-OH is 1. The molecule has 5 rings (SSSR count). The van der Waals surface area contributed by atoms with E-state index >= 15 is 0 Å². The topological polar surface area (TPSA) is 133 Å². The summed E-state index contributed by atoms with van der Waals surface area (Å²) in [4.78, 5) is 71.2. The molecule has 0 unspecified atom stereocenters. The summed E-state index contributed by atoms with van der Waals surface area (Å²) in [5.74, 6) is -3.04. The third kappa shape index (κ3) is 4.84. The molecule has 266 valence electrons. The van der Waals surface area contributed by atoms with Crippen molar-refractivity contribution in [2.75, 3.05) is 13.2 Å². The van der Waals surface area contributed by atoms with E-state index in [1.807, 2.05) is 27.7 Å². The van der Waals surface area contributed by atoms with Crippen LogP contribution in [0.25, 0.3) is 0 Å². The number of fused-ring (bicyclic) bond motifs is 2. The van der Waals surface area contributed by atoms with Crippen LogP contribution in [0.4, 0.5) is 0 Å². The maximum Gasteiger partial charge on any atom is 0.175 e. The second kappa shape index (κ2) is 11.5. The van der Waals surface area contributed by atoms with E-state index in [0.717, 1.165) is 0 Å². The number of Topliss-reactive ketones (excluding diaryl/α,β-unsaturated/α-hetero) is 5. The number of benzene rings is 1. The zero-order valence-electron chi connectivity index (χ0n) is 31.5. The first kappa shape index (κ1) is 36.7. The van der Waals surface area contributed by atoms with Crippen molar-refractivity contribution >= 4 is 28.9 Å². The lowest BCUT2D eigenvalue weighted by Gasteiger charge is -2.48. The molecule has 0 fully saturated rings. The van der Waals surface area contributed by atoms with Gasteiger partial charge in [-0.15, -0.1) is 0 Å². The standard InChI is InChI=1S/C40H52O9/c1-17(2)20-22-28(47-16-15-41)23-21(18(3)4)25-32(44)38(9,10)36(46)40(13,14)34(25)49-30(23)26(27(42)19(5)6)29(22)48-33-24(20)31(43)37(7,8)35(45)39(33,11)12/h17-21,41H,15-16H2,1-14H3/t20-,21+. The van der Waals surface area contributed by atoms with Gasteiger partial charge in [0, 0.05) is 40.0 Å². The second-order valence-corrected chi connectivity index (χ2v) is 17.2. The van der Waals surface area contributed by atoms with E-state index in [1.165, 1.54) is 0 Å². The smallest absolute Gasteiger partial charge is 0.175 e. The van der Waals surface area contributed by atoms with Gasteiger partial charge in [0.05, 0.1) is 28.3 Å². The Kier molecular flexibility index (Phi) is 8.59. The van der Waals surface area contributed by atoms with Gasteiger partial charge in [-0.3, -0.25) is 24.0 Å². The SMILES string of the molecule is CC(C)C(=O)c1c2c(c(OCCO)c3c1OC1=C(C(=O)C(C)(C)C(=O)C1(C)C)[C@@H]3C(C)C)[C@H](C(C)C)C1=C(O2)C(C)(C)C(=O)C(C)(C)C1=O. The number of carbonyl (C=O) groups is 5. The largest absolute Gasteiger partial charge is 0.490 e. The van der Waals surface area contributed by atoms with E-state index in [4.69, 9.17) is 14.2 Å². The summed E-state index contributed by atoms with van der Waals surface area (Å²) in [5, 5.41) is 10.0. The molecule has 0 radical (unpaired) electrons. The zero-order chi connectivity index (χ0) is 37.1. The fraction of sp³-hybridized carbons (Fsp3) is 0.625. The van der Waals surface area contributed by atoms with Crippen molar-refractivity contribution in [3.8, 4) is 17.2 Å². The lowest BCUT2D eigenvalue weighted by Crippen LogP contribution is -2.52. The van der Waals surface area contributed by atoms with Crippen molar-refractivity contribution in [1.82, 2.24) is 0 Å². The highest BCUT2D eigenvalue weighted by Crippen LogP contribution is 2.64. The quantitative estimate of drug-likeness (QED) is 0.238. The molecule has 2 heterocycles. The van der Waals surface area contributed by atoms with Gasteiger partial charge in [0.2, 0.25) is 0 Å². The number of rotatable bonds is 7. The molecule has 0 saturated heterocycles. The maximum atomic E-state index is 14.5. The highest BCUT2D eigenvalue weighted by Gasteiger charge is 2.61. The summed E-state index contributed by atoms with van der Waals surface area (Å²) in [6.45, 7) is 24.4. The van der Waals surface area contributed by atoms with Crippen LogP contribution in [0.5, 0.6) is 17.2 Å². The summed E-state index contributed by atoms with van der Waals surface area (Å²) in [5.41, 5.74) is -3.38. The minimum Gasteiger partial charge on any atom is -0.490 e. The molecule has 0 aromatic heterocycles. The van der Waals surface area contributed by atoms with Crippen LogP contribution in [0.3, 0.4) is 0 Å². The Morgan fingerprint density at radius 3 is 1.35 bits per heavy atom. The molecule has 2 aliphatic heterocycles. The zero-order valence-corrected chi connectivity index (χ0v) is 31.5. The van der Waals surface area contributed by atoms with Gasteiger partial charge in [-0.25, -0.2) is 0 Å². The van der Waals surface area contributed by atoms with Gasteiger partial charge in [0.25, 0.3) is 0 Å². The molecule has 1 aromatic rings. The van der Waals surface area contributed by atoms with Crippen molar-refractivity contribution in [3.05, 3.63) is 39.4 Å². The lowest BCUT2D eigenvalue weighted by atomic mass is 9.58.